The Balaban J connectivity index is 2.21. The third kappa shape index (κ3) is 2.59. The Bertz CT molecular complexity index is 552. The first-order valence-corrected chi connectivity index (χ1v) is 5.51. The second kappa shape index (κ2) is 5.38. The highest BCUT2D eigenvalue weighted by Gasteiger charge is 2.42. The predicted molar refractivity (Wildman–Crippen MR) is 64.2 cm³/mol. The standard InChI is InChI=1S/C11H13N3O5/c1-2-5-3-12-11(18)14-9(5)13-10-8(17)7(16)6(4-15)19-10/h1,3,6-8,10,15-17H,4H2,(H2,12,13,14,18)/t6-,7+,8-,10-/m1/s1. The quantitative estimate of drug-likeness (QED) is 0.386. The van der Waals surface area contributed by atoms with Gasteiger partial charge in [-0.1, -0.05) is 5.92 Å². The van der Waals surface area contributed by atoms with Gasteiger partial charge in [-0.05, 0) is 0 Å². The molecule has 1 aliphatic rings. The van der Waals surface area contributed by atoms with Crippen LogP contribution in [0.4, 0.5) is 5.82 Å². The van der Waals surface area contributed by atoms with Gasteiger partial charge in [0.05, 0.1) is 18.4 Å². The summed E-state index contributed by atoms with van der Waals surface area (Å²) in [6.07, 6.45) is 2.04. The summed E-state index contributed by atoms with van der Waals surface area (Å²) in [5.74, 6) is 2.45. The van der Waals surface area contributed by atoms with Crippen LogP contribution >= 0.6 is 0 Å². The van der Waals surface area contributed by atoms with E-state index in [0.29, 0.717) is 0 Å². The average Bonchev–Trinajstić information content (AvgIpc) is 2.67. The Morgan fingerprint density at radius 3 is 2.84 bits per heavy atom. The van der Waals surface area contributed by atoms with E-state index in [2.05, 4.69) is 21.2 Å². The fraction of sp³-hybridized carbons (Fsp3) is 0.455. The van der Waals surface area contributed by atoms with Crippen molar-refractivity contribution in [3.8, 4) is 12.3 Å². The van der Waals surface area contributed by atoms with Gasteiger partial charge in [0.1, 0.15) is 24.1 Å². The summed E-state index contributed by atoms with van der Waals surface area (Å²) in [7, 11) is 0. The fourth-order valence-electron chi connectivity index (χ4n) is 1.78. The molecule has 1 aliphatic heterocycles. The molecule has 5 N–H and O–H groups in total. The normalized spacial score (nSPS) is 30.0. The van der Waals surface area contributed by atoms with E-state index in [0.717, 1.165) is 0 Å². The van der Waals surface area contributed by atoms with Gasteiger partial charge in [0, 0.05) is 0 Å². The Hall–Kier alpha value is -1.92. The fourth-order valence-corrected chi connectivity index (χ4v) is 1.78. The monoisotopic (exact) mass is 267 g/mol. The number of aliphatic hydroxyl groups is 3. The Morgan fingerprint density at radius 1 is 1.53 bits per heavy atom. The highest BCUT2D eigenvalue weighted by Crippen LogP contribution is 2.22. The average molecular weight is 267 g/mol. The van der Waals surface area contributed by atoms with Crippen molar-refractivity contribution in [3.05, 3.63) is 22.2 Å². The lowest BCUT2D eigenvalue weighted by molar-refractivity contribution is -0.0154. The second-order valence-electron chi connectivity index (χ2n) is 4.02. The molecule has 1 aromatic rings. The summed E-state index contributed by atoms with van der Waals surface area (Å²) < 4.78 is 5.21. The topological polar surface area (TPSA) is 128 Å². The summed E-state index contributed by atoms with van der Waals surface area (Å²) in [6, 6.07) is 0. The SMILES string of the molecule is C#Cc1cnc(=O)[nH]c1N[C@@H]1O[C@H](CO)[C@H](O)[C@H]1O. The van der Waals surface area contributed by atoms with Crippen LogP contribution in [0.25, 0.3) is 0 Å². The number of nitrogens with zero attached hydrogens (tertiary/aromatic N) is 1. The molecular weight excluding hydrogens is 254 g/mol. The van der Waals surface area contributed by atoms with Crippen LogP contribution in [-0.4, -0.2) is 56.4 Å². The number of hydrogen-bond donors (Lipinski definition) is 5. The van der Waals surface area contributed by atoms with E-state index >= 15 is 0 Å². The van der Waals surface area contributed by atoms with Crippen molar-refractivity contribution in [2.75, 3.05) is 11.9 Å². The van der Waals surface area contributed by atoms with Crippen LogP contribution in [0.3, 0.4) is 0 Å². The number of aromatic amines is 1. The maximum Gasteiger partial charge on any atom is 0.346 e. The molecule has 4 atom stereocenters. The van der Waals surface area contributed by atoms with Gasteiger partial charge in [-0.2, -0.15) is 0 Å². The maximum absolute atomic E-state index is 11.1. The summed E-state index contributed by atoms with van der Waals surface area (Å²) in [5, 5.41) is 31.0. The number of terminal acetylenes is 1. The van der Waals surface area contributed by atoms with Gasteiger partial charge in [-0.15, -0.1) is 6.42 Å². The first-order chi connectivity index (χ1) is 9.06. The van der Waals surface area contributed by atoms with Crippen molar-refractivity contribution in [1.82, 2.24) is 9.97 Å². The number of hydrogen-bond acceptors (Lipinski definition) is 7. The Labute approximate surface area is 108 Å². The van der Waals surface area contributed by atoms with E-state index in [1.807, 2.05) is 0 Å². The third-order valence-electron chi connectivity index (χ3n) is 2.80. The molecule has 8 nitrogen and oxygen atoms in total. The lowest BCUT2D eigenvalue weighted by Gasteiger charge is -2.17. The van der Waals surface area contributed by atoms with E-state index in [1.165, 1.54) is 6.20 Å². The number of H-pyrrole nitrogens is 1. The highest BCUT2D eigenvalue weighted by atomic mass is 16.6. The number of aromatic nitrogens is 2. The van der Waals surface area contributed by atoms with Crippen molar-refractivity contribution in [2.24, 2.45) is 0 Å². The molecule has 0 aromatic carbocycles. The number of nitrogens with one attached hydrogen (secondary N) is 2. The second-order valence-corrected chi connectivity index (χ2v) is 4.02. The largest absolute Gasteiger partial charge is 0.394 e. The molecule has 1 aromatic heterocycles. The van der Waals surface area contributed by atoms with E-state index in [4.69, 9.17) is 16.3 Å². The van der Waals surface area contributed by atoms with Crippen LogP contribution in [-0.2, 0) is 4.74 Å². The van der Waals surface area contributed by atoms with Crippen LogP contribution in [0, 0.1) is 12.3 Å². The molecule has 0 bridgehead atoms. The molecule has 0 radical (unpaired) electrons. The van der Waals surface area contributed by atoms with E-state index in [9.17, 15) is 15.0 Å². The zero-order chi connectivity index (χ0) is 14.0. The van der Waals surface area contributed by atoms with Gasteiger partial charge in [-0.25, -0.2) is 9.78 Å². The van der Waals surface area contributed by atoms with Crippen LogP contribution in [0.15, 0.2) is 11.0 Å². The van der Waals surface area contributed by atoms with Crippen LogP contribution in [0.1, 0.15) is 5.56 Å². The zero-order valence-corrected chi connectivity index (χ0v) is 9.78. The first kappa shape index (κ1) is 13.5. The van der Waals surface area contributed by atoms with Crippen molar-refractivity contribution in [2.45, 2.75) is 24.5 Å². The molecule has 2 heterocycles. The number of rotatable bonds is 3. The van der Waals surface area contributed by atoms with Gasteiger partial charge >= 0.3 is 5.69 Å². The molecule has 0 unspecified atom stereocenters. The lowest BCUT2D eigenvalue weighted by Crippen LogP contribution is -2.37. The molecule has 19 heavy (non-hydrogen) atoms. The first-order valence-electron chi connectivity index (χ1n) is 5.51. The third-order valence-corrected chi connectivity index (χ3v) is 2.80. The summed E-state index contributed by atoms with van der Waals surface area (Å²) >= 11 is 0. The number of anilines is 1. The van der Waals surface area contributed by atoms with Crippen molar-refractivity contribution in [3.63, 3.8) is 0 Å². The molecule has 0 aliphatic carbocycles. The van der Waals surface area contributed by atoms with Crippen molar-refractivity contribution in [1.29, 1.82) is 0 Å². The van der Waals surface area contributed by atoms with Crippen molar-refractivity contribution < 1.29 is 20.1 Å². The van der Waals surface area contributed by atoms with Gasteiger partial charge in [0.2, 0.25) is 0 Å². The number of ether oxygens (including phenoxy) is 1. The highest BCUT2D eigenvalue weighted by molar-refractivity contribution is 5.51. The van der Waals surface area contributed by atoms with E-state index < -0.39 is 36.8 Å². The summed E-state index contributed by atoms with van der Waals surface area (Å²) in [4.78, 5) is 17.0. The van der Waals surface area contributed by atoms with Gasteiger partial charge in [0.15, 0.2) is 6.23 Å². The number of aliphatic hydroxyl groups excluding tert-OH is 3. The summed E-state index contributed by atoms with van der Waals surface area (Å²) in [5.41, 5.74) is -0.342. The molecule has 0 spiro atoms. The molecule has 2 rings (SSSR count). The zero-order valence-electron chi connectivity index (χ0n) is 9.78. The minimum atomic E-state index is -1.26. The molecule has 0 amide bonds. The van der Waals surface area contributed by atoms with Gasteiger partial charge in [0.25, 0.3) is 0 Å². The lowest BCUT2D eigenvalue weighted by atomic mass is 10.1. The van der Waals surface area contributed by atoms with Crippen LogP contribution in [0.5, 0.6) is 0 Å². The molecule has 1 saturated heterocycles. The predicted octanol–water partition coefficient (Wildman–Crippen LogP) is -2.40. The van der Waals surface area contributed by atoms with Crippen LogP contribution in [0.2, 0.25) is 0 Å². The van der Waals surface area contributed by atoms with E-state index in [-0.39, 0.29) is 11.4 Å². The molecule has 102 valence electrons. The summed E-state index contributed by atoms with van der Waals surface area (Å²) in [6.45, 7) is -0.439. The molecule has 1 fully saturated rings. The Morgan fingerprint density at radius 2 is 2.26 bits per heavy atom. The minimum Gasteiger partial charge on any atom is -0.394 e. The van der Waals surface area contributed by atoms with Crippen molar-refractivity contribution >= 4 is 5.82 Å². The minimum absolute atomic E-state index is 0.150. The maximum atomic E-state index is 11.1. The Kier molecular flexibility index (Phi) is 3.82. The van der Waals surface area contributed by atoms with Gasteiger partial charge in [-0.3, -0.25) is 4.98 Å². The molecule has 0 saturated carbocycles. The smallest absolute Gasteiger partial charge is 0.346 e. The van der Waals surface area contributed by atoms with Gasteiger partial charge < -0.3 is 25.4 Å². The molecule has 8 heteroatoms. The van der Waals surface area contributed by atoms with E-state index in [1.54, 1.807) is 0 Å². The molecular formula is C11H13N3O5. The van der Waals surface area contributed by atoms with Crippen LogP contribution < -0.4 is 11.0 Å².